The second kappa shape index (κ2) is 14.4. The van der Waals surface area contributed by atoms with E-state index >= 15 is 0 Å². The van der Waals surface area contributed by atoms with Crippen molar-refractivity contribution >= 4 is 81.7 Å². The molecule has 1 unspecified atom stereocenters. The number of amides is 3. The number of halogens is 3. The monoisotopic (exact) mass is 637 g/mol. The van der Waals surface area contributed by atoms with E-state index in [-0.39, 0.29) is 11.6 Å². The lowest BCUT2D eigenvalue weighted by Gasteiger charge is -2.15. The Hall–Kier alpha value is -3.75. The summed E-state index contributed by atoms with van der Waals surface area (Å²) in [7, 11) is 0. The van der Waals surface area contributed by atoms with Crippen LogP contribution in [0.25, 0.3) is 6.08 Å². The van der Waals surface area contributed by atoms with Crippen molar-refractivity contribution in [2.24, 2.45) is 0 Å². The van der Waals surface area contributed by atoms with Crippen molar-refractivity contribution in [3.05, 3.63) is 128 Å². The van der Waals surface area contributed by atoms with E-state index in [2.05, 4.69) is 16.0 Å². The minimum absolute atomic E-state index is 0.0427. The number of rotatable bonds is 9. The van der Waals surface area contributed by atoms with Crippen LogP contribution in [0.1, 0.15) is 28.4 Å². The molecule has 0 aromatic heterocycles. The highest BCUT2D eigenvalue weighted by Crippen LogP contribution is 2.29. The first kappa shape index (κ1) is 31.2. The lowest BCUT2D eigenvalue weighted by molar-refractivity contribution is -0.115. The Balaban J connectivity index is 1.46. The molecule has 3 N–H and O–H groups in total. The molecular formula is C32H26Cl3N3O3S. The van der Waals surface area contributed by atoms with Gasteiger partial charge >= 0.3 is 0 Å². The van der Waals surface area contributed by atoms with Crippen LogP contribution in [-0.2, 0) is 9.59 Å². The number of hydrogen-bond donors (Lipinski definition) is 3. The van der Waals surface area contributed by atoms with Gasteiger partial charge < -0.3 is 16.0 Å². The van der Waals surface area contributed by atoms with Crippen molar-refractivity contribution in [2.75, 3.05) is 10.6 Å². The number of hydrogen-bond acceptors (Lipinski definition) is 4. The van der Waals surface area contributed by atoms with Crippen LogP contribution in [-0.4, -0.2) is 23.0 Å². The molecule has 0 heterocycles. The van der Waals surface area contributed by atoms with Crippen molar-refractivity contribution in [1.82, 2.24) is 5.32 Å². The normalized spacial score (nSPS) is 11.9. The quantitative estimate of drug-likeness (QED) is 0.127. The Morgan fingerprint density at radius 1 is 0.810 bits per heavy atom. The van der Waals surface area contributed by atoms with E-state index in [1.807, 2.05) is 19.9 Å². The number of benzene rings is 4. The van der Waals surface area contributed by atoms with Crippen LogP contribution < -0.4 is 16.0 Å². The topological polar surface area (TPSA) is 87.3 Å². The maximum Gasteiger partial charge on any atom is 0.272 e. The molecule has 0 aliphatic rings. The van der Waals surface area contributed by atoms with Gasteiger partial charge in [-0.05, 0) is 86.2 Å². The highest BCUT2D eigenvalue weighted by atomic mass is 35.5. The Morgan fingerprint density at radius 2 is 1.48 bits per heavy atom. The van der Waals surface area contributed by atoms with Gasteiger partial charge in [-0.15, -0.1) is 11.8 Å². The summed E-state index contributed by atoms with van der Waals surface area (Å²) in [6.45, 7) is 3.70. The summed E-state index contributed by atoms with van der Waals surface area (Å²) in [5.74, 6) is -1.20. The lowest BCUT2D eigenvalue weighted by Crippen LogP contribution is -2.30. The summed E-state index contributed by atoms with van der Waals surface area (Å²) < 4.78 is 0. The largest absolute Gasteiger partial charge is 0.325 e. The zero-order valence-electron chi connectivity index (χ0n) is 22.6. The van der Waals surface area contributed by atoms with Crippen LogP contribution in [0.15, 0.2) is 102 Å². The van der Waals surface area contributed by atoms with Crippen LogP contribution in [0.2, 0.25) is 15.1 Å². The molecule has 4 rings (SSSR count). The molecule has 42 heavy (non-hydrogen) atoms. The first-order valence-corrected chi connectivity index (χ1v) is 14.8. The summed E-state index contributed by atoms with van der Waals surface area (Å²) in [6.07, 6.45) is 1.44. The van der Waals surface area contributed by atoms with Crippen LogP contribution in [0.3, 0.4) is 0 Å². The van der Waals surface area contributed by atoms with E-state index in [4.69, 9.17) is 34.8 Å². The summed E-state index contributed by atoms with van der Waals surface area (Å²) in [6, 6.07) is 25.8. The lowest BCUT2D eigenvalue weighted by atomic mass is 10.1. The highest BCUT2D eigenvalue weighted by Gasteiger charge is 2.18. The van der Waals surface area contributed by atoms with Gasteiger partial charge in [-0.1, -0.05) is 65.1 Å². The number of thioether (sulfide) groups is 1. The van der Waals surface area contributed by atoms with Crippen molar-refractivity contribution in [3.8, 4) is 0 Å². The van der Waals surface area contributed by atoms with E-state index in [0.717, 1.165) is 10.5 Å². The molecule has 0 saturated carbocycles. The second-order valence-corrected chi connectivity index (χ2v) is 11.9. The molecule has 10 heteroatoms. The summed E-state index contributed by atoms with van der Waals surface area (Å²) in [4.78, 5) is 39.8. The van der Waals surface area contributed by atoms with Gasteiger partial charge in [-0.2, -0.15) is 0 Å². The molecule has 0 fully saturated rings. The molecule has 0 bridgehead atoms. The molecule has 4 aromatic carbocycles. The fraction of sp³-hybridized carbons (Fsp3) is 0.0938. The number of nitrogens with one attached hydrogen (secondary N) is 3. The molecule has 1 atom stereocenters. The van der Waals surface area contributed by atoms with Gasteiger partial charge in [0.15, 0.2) is 0 Å². The number of anilines is 2. The van der Waals surface area contributed by atoms with E-state index in [1.54, 1.807) is 84.9 Å². The van der Waals surface area contributed by atoms with Crippen LogP contribution in [0, 0.1) is 6.92 Å². The fourth-order valence-electron chi connectivity index (χ4n) is 3.77. The molecule has 0 saturated heterocycles. The second-order valence-electron chi connectivity index (χ2n) is 9.20. The number of carbonyl (C=O) groups is 3. The molecule has 6 nitrogen and oxygen atoms in total. The maximum absolute atomic E-state index is 13.3. The molecule has 0 aliphatic heterocycles. The Labute approximate surface area is 263 Å². The third kappa shape index (κ3) is 8.39. The third-order valence-corrected chi connectivity index (χ3v) is 8.08. The zero-order chi connectivity index (χ0) is 30.2. The minimum Gasteiger partial charge on any atom is -0.325 e. The van der Waals surface area contributed by atoms with Gasteiger partial charge in [-0.25, -0.2) is 0 Å². The summed E-state index contributed by atoms with van der Waals surface area (Å²) in [5, 5.41) is 9.18. The van der Waals surface area contributed by atoms with Gasteiger partial charge in [0.25, 0.3) is 11.8 Å². The third-order valence-electron chi connectivity index (χ3n) is 6.07. The van der Waals surface area contributed by atoms with Crippen LogP contribution in [0.4, 0.5) is 11.4 Å². The first-order valence-electron chi connectivity index (χ1n) is 12.8. The van der Waals surface area contributed by atoms with Crippen molar-refractivity contribution in [3.63, 3.8) is 0 Å². The van der Waals surface area contributed by atoms with Crippen molar-refractivity contribution in [2.45, 2.75) is 24.0 Å². The van der Waals surface area contributed by atoms with Gasteiger partial charge in [0.05, 0.1) is 5.25 Å². The van der Waals surface area contributed by atoms with E-state index in [9.17, 15) is 14.4 Å². The average Bonchev–Trinajstić information content (AvgIpc) is 2.97. The molecule has 0 aliphatic carbocycles. The first-order chi connectivity index (χ1) is 20.1. The standard InChI is InChI=1S/C32H26Cl3N3O3S/c1-19-11-12-22(33)17-28(19)37-30(39)20(2)42-24-15-13-23(14-16-24)36-32(41)29(18-25-26(34)9-6-10-27(25)35)38-31(40)21-7-4-3-5-8-21/h3-18,20H,1-2H3,(H,36,41)(H,37,39)(H,38,40)/b29-18-. The van der Waals surface area contributed by atoms with E-state index < -0.39 is 17.1 Å². The maximum atomic E-state index is 13.3. The zero-order valence-corrected chi connectivity index (χ0v) is 25.7. The van der Waals surface area contributed by atoms with Crippen molar-refractivity contribution < 1.29 is 14.4 Å². The Kier molecular flexibility index (Phi) is 10.7. The minimum atomic E-state index is -0.569. The SMILES string of the molecule is Cc1ccc(Cl)cc1NC(=O)C(C)Sc1ccc(NC(=O)/C(=C/c2c(Cl)cccc2Cl)NC(=O)c2ccccc2)cc1. The molecule has 214 valence electrons. The highest BCUT2D eigenvalue weighted by molar-refractivity contribution is 8.00. The molecular weight excluding hydrogens is 613 g/mol. The van der Waals surface area contributed by atoms with Crippen LogP contribution in [0.5, 0.6) is 0 Å². The van der Waals surface area contributed by atoms with Gasteiger partial charge in [0.1, 0.15) is 5.70 Å². The Bertz CT molecular complexity index is 1620. The van der Waals surface area contributed by atoms with E-state index in [0.29, 0.717) is 37.6 Å². The molecule has 0 spiro atoms. The summed E-state index contributed by atoms with van der Waals surface area (Å²) in [5.41, 5.74) is 2.80. The van der Waals surface area contributed by atoms with E-state index in [1.165, 1.54) is 17.8 Å². The van der Waals surface area contributed by atoms with Gasteiger partial charge in [0.2, 0.25) is 5.91 Å². The fourth-order valence-corrected chi connectivity index (χ4v) is 5.32. The predicted octanol–water partition coefficient (Wildman–Crippen LogP) is 8.48. The Morgan fingerprint density at radius 3 is 2.14 bits per heavy atom. The van der Waals surface area contributed by atoms with Crippen LogP contribution >= 0.6 is 46.6 Å². The average molecular weight is 639 g/mol. The summed E-state index contributed by atoms with van der Waals surface area (Å²) >= 11 is 20.1. The predicted molar refractivity (Wildman–Crippen MR) is 174 cm³/mol. The number of carbonyl (C=O) groups excluding carboxylic acids is 3. The molecule has 4 aromatic rings. The van der Waals surface area contributed by atoms with Gasteiger partial charge in [0, 0.05) is 42.5 Å². The molecule has 0 radical (unpaired) electrons. The number of aryl methyl sites for hydroxylation is 1. The molecule has 3 amide bonds. The van der Waals surface area contributed by atoms with Crippen molar-refractivity contribution in [1.29, 1.82) is 0 Å². The van der Waals surface area contributed by atoms with Gasteiger partial charge in [-0.3, -0.25) is 14.4 Å². The smallest absolute Gasteiger partial charge is 0.272 e.